The van der Waals surface area contributed by atoms with Crippen LogP contribution in [0.25, 0.3) is 11.3 Å². The van der Waals surface area contributed by atoms with Gasteiger partial charge in [-0.1, -0.05) is 12.1 Å². The Kier molecular flexibility index (Phi) is 5.50. The molecule has 136 valence electrons. The third-order valence-corrected chi connectivity index (χ3v) is 4.74. The van der Waals surface area contributed by atoms with Gasteiger partial charge in [-0.25, -0.2) is 0 Å². The molecular weight excluding hydrogens is 330 g/mol. The Morgan fingerprint density at radius 1 is 1.46 bits per heavy atom. The second kappa shape index (κ2) is 7.81. The number of ketones is 1. The molecular formula is C20H23N3O3. The van der Waals surface area contributed by atoms with Crippen molar-refractivity contribution in [2.45, 2.75) is 45.3 Å². The van der Waals surface area contributed by atoms with Gasteiger partial charge in [-0.3, -0.25) is 9.48 Å². The highest BCUT2D eigenvalue weighted by atomic mass is 16.5. The van der Waals surface area contributed by atoms with Gasteiger partial charge in [0.25, 0.3) is 0 Å². The Hall–Kier alpha value is -2.49. The van der Waals surface area contributed by atoms with Gasteiger partial charge >= 0.3 is 0 Å². The molecule has 0 radical (unpaired) electrons. The summed E-state index contributed by atoms with van der Waals surface area (Å²) in [6.07, 6.45) is 1.02. The van der Waals surface area contributed by atoms with E-state index in [-0.39, 0.29) is 18.2 Å². The second-order valence-electron chi connectivity index (χ2n) is 6.78. The van der Waals surface area contributed by atoms with Crippen LogP contribution in [-0.2, 0) is 4.74 Å². The number of rotatable bonds is 6. The molecule has 0 aliphatic carbocycles. The van der Waals surface area contributed by atoms with E-state index in [4.69, 9.17) is 15.1 Å². The van der Waals surface area contributed by atoms with Gasteiger partial charge in [0.05, 0.1) is 36.1 Å². The smallest absolute Gasteiger partial charge is 0.181 e. The third-order valence-electron chi connectivity index (χ3n) is 4.74. The minimum Gasteiger partial charge on any atom is -0.393 e. The number of hydrogen-bond acceptors (Lipinski definition) is 5. The molecule has 2 atom stereocenters. The van der Waals surface area contributed by atoms with Crippen molar-refractivity contribution in [2.75, 3.05) is 13.2 Å². The topological polar surface area (TPSA) is 88.1 Å². The molecule has 1 aliphatic rings. The highest BCUT2D eigenvalue weighted by Gasteiger charge is 2.28. The quantitative estimate of drug-likeness (QED) is 0.807. The zero-order valence-electron chi connectivity index (χ0n) is 15.1. The number of carbonyl (C=O) groups excluding carboxylic acids is 1. The van der Waals surface area contributed by atoms with E-state index in [2.05, 4.69) is 6.07 Å². The summed E-state index contributed by atoms with van der Waals surface area (Å²) in [5.41, 5.74) is 3.64. The lowest BCUT2D eigenvalue weighted by molar-refractivity contribution is 0.0934. The minimum atomic E-state index is -0.511. The molecule has 0 saturated carbocycles. The molecule has 0 spiro atoms. The molecule has 0 amide bonds. The highest BCUT2D eigenvalue weighted by molar-refractivity contribution is 5.97. The molecule has 2 heterocycles. The maximum atomic E-state index is 12.8. The lowest BCUT2D eigenvalue weighted by atomic mass is 10.0. The summed E-state index contributed by atoms with van der Waals surface area (Å²) in [5, 5.41) is 23.2. The molecule has 6 nitrogen and oxygen atoms in total. The second-order valence-corrected chi connectivity index (χ2v) is 6.78. The van der Waals surface area contributed by atoms with Gasteiger partial charge in [-0.15, -0.1) is 0 Å². The molecule has 1 aromatic carbocycles. The Morgan fingerprint density at radius 3 is 2.77 bits per heavy atom. The van der Waals surface area contributed by atoms with Crippen LogP contribution in [0, 0.1) is 18.3 Å². The number of nitriles is 1. The molecule has 1 aromatic heterocycles. The van der Waals surface area contributed by atoms with Crippen LogP contribution in [0.5, 0.6) is 0 Å². The standard InChI is InChI=1S/C20H23N3O3/c1-13(24)3-8-18(25)20-14(2)19(16-6-4-15(11-21)5-7-16)22-23(20)17-9-10-26-12-17/h4-7,13,17,24H,3,8-10,12H2,1-2H3/t13-,17?/m1/s1. The number of nitrogens with zero attached hydrogens (tertiary/aromatic N) is 3. The molecule has 26 heavy (non-hydrogen) atoms. The third kappa shape index (κ3) is 3.69. The van der Waals surface area contributed by atoms with Gasteiger partial charge in [-0.2, -0.15) is 10.4 Å². The van der Waals surface area contributed by atoms with Gasteiger partial charge in [-0.05, 0) is 38.8 Å². The van der Waals surface area contributed by atoms with Crippen molar-refractivity contribution >= 4 is 5.78 Å². The largest absolute Gasteiger partial charge is 0.393 e. The first kappa shape index (κ1) is 18.3. The van der Waals surface area contributed by atoms with E-state index in [1.807, 2.05) is 19.1 Å². The first-order valence-electron chi connectivity index (χ1n) is 8.90. The van der Waals surface area contributed by atoms with E-state index >= 15 is 0 Å². The molecule has 1 unspecified atom stereocenters. The molecule has 0 bridgehead atoms. The van der Waals surface area contributed by atoms with Crippen molar-refractivity contribution < 1.29 is 14.6 Å². The van der Waals surface area contributed by atoms with Crippen LogP contribution in [0.2, 0.25) is 0 Å². The first-order chi connectivity index (χ1) is 12.5. The normalized spacial score (nSPS) is 17.8. The van der Waals surface area contributed by atoms with E-state index in [9.17, 15) is 9.90 Å². The number of aliphatic hydroxyl groups is 1. The van der Waals surface area contributed by atoms with Crippen LogP contribution in [-0.4, -0.2) is 40.0 Å². The Bertz CT molecular complexity index is 825. The van der Waals surface area contributed by atoms with Gasteiger partial charge < -0.3 is 9.84 Å². The predicted octanol–water partition coefficient (Wildman–Crippen LogP) is 3.04. The van der Waals surface area contributed by atoms with E-state index in [1.54, 1.807) is 23.7 Å². The van der Waals surface area contributed by atoms with E-state index in [0.29, 0.717) is 30.9 Å². The maximum Gasteiger partial charge on any atom is 0.181 e. The fourth-order valence-electron chi connectivity index (χ4n) is 3.27. The van der Waals surface area contributed by atoms with Crippen LogP contribution in [0.15, 0.2) is 24.3 Å². The zero-order valence-corrected chi connectivity index (χ0v) is 15.1. The fourth-order valence-corrected chi connectivity index (χ4v) is 3.27. The molecule has 6 heteroatoms. The van der Waals surface area contributed by atoms with Crippen LogP contribution in [0.3, 0.4) is 0 Å². The van der Waals surface area contributed by atoms with Crippen molar-refractivity contribution in [3.8, 4) is 17.3 Å². The number of benzene rings is 1. The van der Waals surface area contributed by atoms with Gasteiger partial charge in [0.2, 0.25) is 0 Å². The van der Waals surface area contributed by atoms with Crippen molar-refractivity contribution in [1.29, 1.82) is 5.26 Å². The highest BCUT2D eigenvalue weighted by Crippen LogP contribution is 2.30. The van der Waals surface area contributed by atoms with Crippen LogP contribution < -0.4 is 0 Å². The molecule has 1 aliphatic heterocycles. The molecule has 1 fully saturated rings. The number of carbonyl (C=O) groups is 1. The van der Waals surface area contributed by atoms with E-state index in [1.165, 1.54) is 0 Å². The molecule has 1 saturated heterocycles. The lowest BCUT2D eigenvalue weighted by Gasteiger charge is -2.13. The lowest BCUT2D eigenvalue weighted by Crippen LogP contribution is -2.18. The number of aliphatic hydroxyl groups excluding tert-OH is 1. The summed E-state index contributed by atoms with van der Waals surface area (Å²) in [6, 6.07) is 9.37. The number of Topliss-reactive ketones (excluding diaryl/α,β-unsaturated/α-hetero) is 1. The number of aromatic nitrogens is 2. The minimum absolute atomic E-state index is 0.0114. The summed E-state index contributed by atoms with van der Waals surface area (Å²) in [4.78, 5) is 12.8. The van der Waals surface area contributed by atoms with Crippen molar-refractivity contribution in [3.63, 3.8) is 0 Å². The maximum absolute atomic E-state index is 12.8. The van der Waals surface area contributed by atoms with Crippen molar-refractivity contribution in [3.05, 3.63) is 41.1 Å². The molecule has 3 rings (SSSR count). The molecule has 2 aromatic rings. The summed E-state index contributed by atoms with van der Waals surface area (Å²) in [5.74, 6) is -0.0114. The Balaban J connectivity index is 2.01. The van der Waals surface area contributed by atoms with Crippen LogP contribution in [0.4, 0.5) is 0 Å². The average molecular weight is 353 g/mol. The molecule has 1 N–H and O–H groups in total. The summed E-state index contributed by atoms with van der Waals surface area (Å²) < 4.78 is 7.29. The Labute approximate surface area is 153 Å². The number of hydrogen-bond donors (Lipinski definition) is 1. The predicted molar refractivity (Wildman–Crippen MR) is 96.8 cm³/mol. The fraction of sp³-hybridized carbons (Fsp3) is 0.450. The van der Waals surface area contributed by atoms with Crippen LogP contribution in [0.1, 0.15) is 53.8 Å². The van der Waals surface area contributed by atoms with Crippen LogP contribution >= 0.6 is 0 Å². The van der Waals surface area contributed by atoms with E-state index in [0.717, 1.165) is 23.2 Å². The van der Waals surface area contributed by atoms with Crippen molar-refractivity contribution in [1.82, 2.24) is 9.78 Å². The Morgan fingerprint density at radius 2 is 2.19 bits per heavy atom. The van der Waals surface area contributed by atoms with Gasteiger partial charge in [0.15, 0.2) is 5.78 Å². The number of ether oxygens (including phenoxy) is 1. The zero-order chi connectivity index (χ0) is 18.7. The summed E-state index contributed by atoms with van der Waals surface area (Å²) >= 11 is 0. The van der Waals surface area contributed by atoms with Gasteiger partial charge in [0.1, 0.15) is 5.69 Å². The average Bonchev–Trinajstić information content (AvgIpc) is 3.27. The monoisotopic (exact) mass is 353 g/mol. The van der Waals surface area contributed by atoms with Crippen molar-refractivity contribution in [2.24, 2.45) is 0 Å². The summed E-state index contributed by atoms with van der Waals surface area (Å²) in [7, 11) is 0. The SMILES string of the molecule is Cc1c(-c2ccc(C#N)cc2)nn(C2CCOC2)c1C(=O)CC[C@@H](C)O. The first-order valence-corrected chi connectivity index (χ1v) is 8.90. The van der Waals surface area contributed by atoms with E-state index < -0.39 is 6.10 Å². The summed E-state index contributed by atoms with van der Waals surface area (Å²) in [6.45, 7) is 4.80. The van der Waals surface area contributed by atoms with Gasteiger partial charge in [0, 0.05) is 24.2 Å².